The largest absolute Gasteiger partial charge is 0.388 e. The maximum absolute atomic E-state index is 4.16. The van der Waals surface area contributed by atoms with Crippen molar-refractivity contribution in [3.05, 3.63) is 36.5 Å². The summed E-state index contributed by atoms with van der Waals surface area (Å²) in [6, 6.07) is 10.2. The van der Waals surface area contributed by atoms with E-state index in [4.69, 9.17) is 0 Å². The summed E-state index contributed by atoms with van der Waals surface area (Å²) in [5, 5.41) is 7.33. The Balaban J connectivity index is 2.56. The quantitative estimate of drug-likeness (QED) is 0.780. The fourth-order valence-corrected chi connectivity index (χ4v) is 1.56. The fraction of sp³-hybridized carbons (Fsp3) is 0.182. The number of benzene rings is 1. The van der Waals surface area contributed by atoms with Gasteiger partial charge in [-0.2, -0.15) is 5.10 Å². The fourth-order valence-electron chi connectivity index (χ4n) is 1.56. The average molecular weight is 187 g/mol. The summed E-state index contributed by atoms with van der Waals surface area (Å²) in [6.07, 6.45) is 1.81. The molecule has 1 N–H and O–H groups in total. The van der Waals surface area contributed by atoms with Crippen LogP contribution in [0.15, 0.2) is 36.5 Å². The lowest BCUT2D eigenvalue weighted by molar-refractivity contribution is 0.776. The summed E-state index contributed by atoms with van der Waals surface area (Å²) in [5.74, 6) is 0. The van der Waals surface area contributed by atoms with Gasteiger partial charge in [-0.25, -0.2) is 0 Å². The molecule has 1 heterocycles. The van der Waals surface area contributed by atoms with E-state index in [0.717, 1.165) is 11.4 Å². The molecule has 3 nitrogen and oxygen atoms in total. The van der Waals surface area contributed by atoms with Crippen molar-refractivity contribution >= 4 is 5.69 Å². The number of nitrogens with zero attached hydrogens (tertiary/aromatic N) is 2. The van der Waals surface area contributed by atoms with Gasteiger partial charge < -0.3 is 5.32 Å². The van der Waals surface area contributed by atoms with Gasteiger partial charge in [-0.3, -0.25) is 4.68 Å². The van der Waals surface area contributed by atoms with Crippen LogP contribution in [0.3, 0.4) is 0 Å². The minimum atomic E-state index is 1.12. The zero-order valence-electron chi connectivity index (χ0n) is 8.36. The second-order valence-corrected chi connectivity index (χ2v) is 3.14. The third-order valence-electron chi connectivity index (χ3n) is 2.29. The third-order valence-corrected chi connectivity index (χ3v) is 2.29. The van der Waals surface area contributed by atoms with E-state index in [0.29, 0.717) is 0 Å². The number of hydrogen-bond donors (Lipinski definition) is 1. The number of aryl methyl sites for hydroxylation is 1. The Kier molecular flexibility index (Phi) is 2.23. The smallest absolute Gasteiger partial charge is 0.0699 e. The summed E-state index contributed by atoms with van der Waals surface area (Å²) in [4.78, 5) is 0. The van der Waals surface area contributed by atoms with Gasteiger partial charge >= 0.3 is 0 Å². The van der Waals surface area contributed by atoms with Gasteiger partial charge in [0, 0.05) is 31.5 Å². The second kappa shape index (κ2) is 3.54. The SMILES string of the molecule is CNc1ccccc1-c1ccnn1C. The first kappa shape index (κ1) is 8.81. The molecule has 3 heteroatoms. The summed E-state index contributed by atoms with van der Waals surface area (Å²) in [7, 11) is 3.87. The molecule has 72 valence electrons. The minimum absolute atomic E-state index is 1.12. The minimum Gasteiger partial charge on any atom is -0.388 e. The predicted octanol–water partition coefficient (Wildman–Crippen LogP) is 2.13. The van der Waals surface area contributed by atoms with Crippen molar-refractivity contribution in [2.45, 2.75) is 0 Å². The van der Waals surface area contributed by atoms with Gasteiger partial charge in [-0.15, -0.1) is 0 Å². The monoisotopic (exact) mass is 187 g/mol. The van der Waals surface area contributed by atoms with E-state index in [1.54, 1.807) is 0 Å². The summed E-state index contributed by atoms with van der Waals surface area (Å²) < 4.78 is 1.87. The molecule has 0 amide bonds. The van der Waals surface area contributed by atoms with Crippen LogP contribution in [0, 0.1) is 0 Å². The highest BCUT2D eigenvalue weighted by Gasteiger charge is 2.05. The van der Waals surface area contributed by atoms with Gasteiger partial charge in [0.1, 0.15) is 0 Å². The number of hydrogen-bond acceptors (Lipinski definition) is 2. The summed E-state index contributed by atoms with van der Waals surface area (Å²) in [6.45, 7) is 0. The highest BCUT2D eigenvalue weighted by atomic mass is 15.3. The lowest BCUT2D eigenvalue weighted by Gasteiger charge is -2.08. The molecule has 0 aliphatic heterocycles. The maximum atomic E-state index is 4.16. The zero-order chi connectivity index (χ0) is 9.97. The molecule has 0 saturated carbocycles. The van der Waals surface area contributed by atoms with Gasteiger partial charge in [-0.05, 0) is 12.1 Å². The lowest BCUT2D eigenvalue weighted by Crippen LogP contribution is -1.97. The standard InChI is InChI=1S/C11H13N3/c1-12-10-6-4-3-5-9(10)11-7-8-13-14(11)2/h3-8,12H,1-2H3. The molecule has 0 bridgehead atoms. The molecule has 0 unspecified atom stereocenters. The van der Waals surface area contributed by atoms with E-state index in [-0.39, 0.29) is 0 Å². The van der Waals surface area contributed by atoms with Crippen LogP contribution in [0.5, 0.6) is 0 Å². The molecule has 2 aromatic rings. The predicted molar refractivity (Wildman–Crippen MR) is 58.2 cm³/mol. The van der Waals surface area contributed by atoms with E-state index < -0.39 is 0 Å². The molecule has 14 heavy (non-hydrogen) atoms. The zero-order valence-corrected chi connectivity index (χ0v) is 8.36. The van der Waals surface area contributed by atoms with Crippen molar-refractivity contribution in [3.8, 4) is 11.3 Å². The molecule has 0 spiro atoms. The summed E-state index contributed by atoms with van der Waals surface area (Å²) >= 11 is 0. The molecular formula is C11H13N3. The van der Waals surface area contributed by atoms with Crippen LogP contribution in [0.25, 0.3) is 11.3 Å². The first-order chi connectivity index (χ1) is 6.83. The summed E-state index contributed by atoms with van der Waals surface area (Å²) in [5.41, 5.74) is 3.42. The molecule has 0 atom stereocenters. The van der Waals surface area contributed by atoms with Crippen LogP contribution in [0.1, 0.15) is 0 Å². The Morgan fingerprint density at radius 2 is 2.00 bits per heavy atom. The lowest BCUT2D eigenvalue weighted by atomic mass is 10.1. The average Bonchev–Trinajstić information content (AvgIpc) is 2.64. The second-order valence-electron chi connectivity index (χ2n) is 3.14. The van der Waals surface area contributed by atoms with Crippen molar-refractivity contribution in [1.29, 1.82) is 0 Å². The third kappa shape index (κ3) is 1.37. The normalized spacial score (nSPS) is 10.1. The van der Waals surface area contributed by atoms with Gasteiger partial charge in [0.25, 0.3) is 0 Å². The Hall–Kier alpha value is -1.77. The number of rotatable bonds is 2. The van der Waals surface area contributed by atoms with Crippen LogP contribution < -0.4 is 5.32 Å². The van der Waals surface area contributed by atoms with Gasteiger partial charge in [-0.1, -0.05) is 18.2 Å². The van der Waals surface area contributed by atoms with Crippen molar-refractivity contribution in [2.75, 3.05) is 12.4 Å². The van der Waals surface area contributed by atoms with Crippen molar-refractivity contribution in [3.63, 3.8) is 0 Å². The molecule has 2 rings (SSSR count). The van der Waals surface area contributed by atoms with E-state index in [1.807, 2.05) is 43.2 Å². The number of anilines is 1. The molecule has 0 fully saturated rings. The molecule has 0 radical (unpaired) electrons. The van der Waals surface area contributed by atoms with Crippen LogP contribution >= 0.6 is 0 Å². The number of para-hydroxylation sites is 1. The molecule has 0 saturated heterocycles. The highest BCUT2D eigenvalue weighted by molar-refractivity contribution is 5.75. The van der Waals surface area contributed by atoms with Crippen LogP contribution in [0.2, 0.25) is 0 Å². The van der Waals surface area contributed by atoms with Gasteiger partial charge in [0.15, 0.2) is 0 Å². The van der Waals surface area contributed by atoms with Crippen molar-refractivity contribution in [2.24, 2.45) is 7.05 Å². The Bertz CT molecular complexity index is 432. The Morgan fingerprint density at radius 1 is 1.21 bits per heavy atom. The topological polar surface area (TPSA) is 29.9 Å². The first-order valence-corrected chi connectivity index (χ1v) is 4.58. The number of aromatic nitrogens is 2. The Morgan fingerprint density at radius 3 is 2.64 bits per heavy atom. The molecule has 0 aliphatic rings. The molecule has 1 aromatic carbocycles. The molecular weight excluding hydrogens is 174 g/mol. The van der Waals surface area contributed by atoms with Crippen molar-refractivity contribution in [1.82, 2.24) is 9.78 Å². The highest BCUT2D eigenvalue weighted by Crippen LogP contribution is 2.26. The van der Waals surface area contributed by atoms with E-state index in [2.05, 4.69) is 22.5 Å². The van der Waals surface area contributed by atoms with E-state index in [1.165, 1.54) is 5.56 Å². The van der Waals surface area contributed by atoms with Crippen LogP contribution in [-0.2, 0) is 7.05 Å². The van der Waals surface area contributed by atoms with E-state index in [9.17, 15) is 0 Å². The van der Waals surface area contributed by atoms with Crippen LogP contribution in [0.4, 0.5) is 5.69 Å². The van der Waals surface area contributed by atoms with E-state index >= 15 is 0 Å². The Labute approximate surface area is 83.4 Å². The van der Waals surface area contributed by atoms with Gasteiger partial charge in [0.05, 0.1) is 5.69 Å². The first-order valence-electron chi connectivity index (χ1n) is 4.58. The molecule has 1 aromatic heterocycles. The number of nitrogens with one attached hydrogen (secondary N) is 1. The van der Waals surface area contributed by atoms with Crippen LogP contribution in [-0.4, -0.2) is 16.8 Å². The van der Waals surface area contributed by atoms with Gasteiger partial charge in [0.2, 0.25) is 0 Å². The van der Waals surface area contributed by atoms with Crippen molar-refractivity contribution < 1.29 is 0 Å². The molecule has 0 aliphatic carbocycles. The maximum Gasteiger partial charge on any atom is 0.0699 e.